The monoisotopic (exact) mass is 460 g/mol. The third-order valence-corrected chi connectivity index (χ3v) is 5.62. The molecule has 0 bridgehead atoms. The predicted molar refractivity (Wildman–Crippen MR) is 129 cm³/mol. The van der Waals surface area contributed by atoms with Gasteiger partial charge in [0.15, 0.2) is 0 Å². The van der Waals surface area contributed by atoms with Crippen LogP contribution in [0, 0.1) is 12.3 Å². The van der Waals surface area contributed by atoms with Crippen LogP contribution >= 0.6 is 0 Å². The summed E-state index contributed by atoms with van der Waals surface area (Å²) in [5.41, 5.74) is 5.34. The van der Waals surface area contributed by atoms with E-state index >= 15 is 0 Å². The highest BCUT2D eigenvalue weighted by Gasteiger charge is 2.30. The van der Waals surface area contributed by atoms with Gasteiger partial charge in [-0.2, -0.15) is 0 Å². The third-order valence-electron chi connectivity index (χ3n) is 5.62. The number of benzene rings is 2. The normalized spacial score (nSPS) is 12.5. The summed E-state index contributed by atoms with van der Waals surface area (Å²) in [4.78, 5) is 37.9. The standard InChI is InChI=1S/C27H28N2O5/c1-4-15-29(16-25(30)31)26(32)24(14-13-18(2)3)28-27(33)34-17-23-21-11-7-5-9-19(21)20-10-6-8-12-22(20)23/h1,5-13,23-24H,14-17H2,2-3H3,(H,28,33)(H,30,31). The molecule has 2 aromatic rings. The molecule has 7 nitrogen and oxygen atoms in total. The molecule has 1 atom stereocenters. The van der Waals surface area contributed by atoms with Crippen LogP contribution in [-0.2, 0) is 14.3 Å². The van der Waals surface area contributed by atoms with Crippen LogP contribution in [0.5, 0.6) is 0 Å². The molecule has 34 heavy (non-hydrogen) atoms. The van der Waals surface area contributed by atoms with E-state index < -0.39 is 30.6 Å². The van der Waals surface area contributed by atoms with Gasteiger partial charge in [-0.1, -0.05) is 66.1 Å². The first kappa shape index (κ1) is 24.6. The first-order valence-corrected chi connectivity index (χ1v) is 11.0. The molecular formula is C27H28N2O5. The second kappa shape index (κ2) is 11.2. The van der Waals surface area contributed by atoms with E-state index in [2.05, 4.69) is 11.2 Å². The van der Waals surface area contributed by atoms with Crippen molar-refractivity contribution in [1.82, 2.24) is 10.2 Å². The molecule has 176 valence electrons. The van der Waals surface area contributed by atoms with Crippen LogP contribution in [0.3, 0.4) is 0 Å². The van der Waals surface area contributed by atoms with Crippen molar-refractivity contribution in [3.63, 3.8) is 0 Å². The highest BCUT2D eigenvalue weighted by atomic mass is 16.5. The first-order valence-electron chi connectivity index (χ1n) is 11.0. The van der Waals surface area contributed by atoms with Crippen LogP contribution in [0.25, 0.3) is 11.1 Å². The lowest BCUT2D eigenvalue weighted by Gasteiger charge is -2.25. The molecule has 0 saturated heterocycles. The molecule has 0 saturated carbocycles. The van der Waals surface area contributed by atoms with E-state index in [0.717, 1.165) is 32.7 Å². The van der Waals surface area contributed by atoms with Gasteiger partial charge >= 0.3 is 12.1 Å². The number of allylic oxidation sites excluding steroid dienone is 1. The number of carbonyl (C=O) groups excluding carboxylic acids is 2. The van der Waals surface area contributed by atoms with Gasteiger partial charge in [0, 0.05) is 5.92 Å². The first-order chi connectivity index (χ1) is 16.3. The quantitative estimate of drug-likeness (QED) is 0.438. The summed E-state index contributed by atoms with van der Waals surface area (Å²) in [7, 11) is 0. The van der Waals surface area contributed by atoms with Crippen LogP contribution in [0.4, 0.5) is 4.79 Å². The van der Waals surface area contributed by atoms with Crippen LogP contribution < -0.4 is 5.32 Å². The largest absolute Gasteiger partial charge is 0.480 e. The van der Waals surface area contributed by atoms with Gasteiger partial charge < -0.3 is 20.1 Å². The van der Waals surface area contributed by atoms with Gasteiger partial charge in [-0.3, -0.25) is 9.59 Å². The molecule has 0 fully saturated rings. The number of ether oxygens (including phenoxy) is 1. The van der Waals surface area contributed by atoms with Crippen molar-refractivity contribution in [2.75, 3.05) is 19.7 Å². The van der Waals surface area contributed by atoms with E-state index in [1.54, 1.807) is 6.08 Å². The third kappa shape index (κ3) is 5.84. The van der Waals surface area contributed by atoms with E-state index in [0.29, 0.717) is 0 Å². The molecular weight excluding hydrogens is 432 g/mol. The van der Waals surface area contributed by atoms with Crippen LogP contribution in [0.15, 0.2) is 60.2 Å². The Hall–Kier alpha value is -4.05. The number of carbonyl (C=O) groups is 3. The Bertz CT molecular complexity index is 1100. The summed E-state index contributed by atoms with van der Waals surface area (Å²) in [5.74, 6) is 0.408. The smallest absolute Gasteiger partial charge is 0.407 e. The maximum atomic E-state index is 13.0. The molecule has 1 unspecified atom stereocenters. The van der Waals surface area contributed by atoms with Crippen molar-refractivity contribution in [3.05, 3.63) is 71.3 Å². The van der Waals surface area contributed by atoms with E-state index in [-0.39, 0.29) is 25.5 Å². The minimum absolute atomic E-state index is 0.104. The van der Waals surface area contributed by atoms with Gasteiger partial charge in [-0.05, 0) is 42.5 Å². The molecule has 1 aliphatic carbocycles. The van der Waals surface area contributed by atoms with Crippen molar-refractivity contribution in [1.29, 1.82) is 0 Å². The summed E-state index contributed by atoms with van der Waals surface area (Å²) in [6.07, 6.45) is 6.53. The highest BCUT2D eigenvalue weighted by molar-refractivity contribution is 5.88. The van der Waals surface area contributed by atoms with Crippen molar-refractivity contribution >= 4 is 18.0 Å². The van der Waals surface area contributed by atoms with E-state index in [1.807, 2.05) is 62.4 Å². The van der Waals surface area contributed by atoms with Crippen molar-refractivity contribution in [3.8, 4) is 23.5 Å². The number of amides is 2. The second-order valence-corrected chi connectivity index (χ2v) is 8.33. The predicted octanol–water partition coefficient (Wildman–Crippen LogP) is 3.80. The number of aliphatic carboxylic acids is 1. The molecule has 7 heteroatoms. The van der Waals surface area contributed by atoms with E-state index in [1.165, 1.54) is 0 Å². The number of alkyl carbamates (subject to hydrolysis) is 1. The molecule has 2 amide bonds. The summed E-state index contributed by atoms with van der Waals surface area (Å²) < 4.78 is 5.55. The van der Waals surface area contributed by atoms with Gasteiger partial charge in [-0.25, -0.2) is 4.79 Å². The fourth-order valence-corrected chi connectivity index (χ4v) is 4.06. The molecule has 0 aromatic heterocycles. The van der Waals surface area contributed by atoms with Gasteiger partial charge in [0.1, 0.15) is 19.2 Å². The Morgan fingerprint density at radius 1 is 1.12 bits per heavy atom. The van der Waals surface area contributed by atoms with Crippen molar-refractivity contribution < 1.29 is 24.2 Å². The number of hydrogen-bond acceptors (Lipinski definition) is 4. The summed E-state index contributed by atoms with van der Waals surface area (Å²) in [6, 6.07) is 15.0. The fourth-order valence-electron chi connectivity index (χ4n) is 4.06. The molecule has 0 heterocycles. The van der Waals surface area contributed by atoms with Crippen LogP contribution in [0.1, 0.15) is 37.3 Å². The van der Waals surface area contributed by atoms with Crippen LogP contribution in [-0.4, -0.2) is 53.7 Å². The number of rotatable bonds is 9. The van der Waals surface area contributed by atoms with Crippen molar-refractivity contribution in [2.45, 2.75) is 32.2 Å². The topological polar surface area (TPSA) is 95.9 Å². The number of hydrogen-bond donors (Lipinski definition) is 2. The number of terminal acetylenes is 1. The van der Waals surface area contributed by atoms with Crippen molar-refractivity contribution in [2.24, 2.45) is 0 Å². The SMILES string of the molecule is C#CCN(CC(=O)O)C(=O)C(CC=C(C)C)NC(=O)OCC1c2ccccc2-c2ccccc21. The Labute approximate surface area is 199 Å². The van der Waals surface area contributed by atoms with E-state index in [9.17, 15) is 14.4 Å². The van der Waals surface area contributed by atoms with Crippen LogP contribution in [0.2, 0.25) is 0 Å². The number of nitrogens with zero attached hydrogens (tertiary/aromatic N) is 1. The Morgan fingerprint density at radius 2 is 1.71 bits per heavy atom. The lowest BCUT2D eigenvalue weighted by molar-refractivity contribution is -0.144. The van der Waals surface area contributed by atoms with Gasteiger partial charge in [0.05, 0.1) is 6.54 Å². The summed E-state index contributed by atoms with van der Waals surface area (Å²) in [6.45, 7) is 3.10. The molecule has 0 spiro atoms. The molecule has 0 aliphatic heterocycles. The number of carboxylic acids is 1. The Balaban J connectivity index is 1.72. The minimum atomic E-state index is -1.19. The molecule has 0 radical (unpaired) electrons. The maximum Gasteiger partial charge on any atom is 0.407 e. The zero-order valence-corrected chi connectivity index (χ0v) is 19.3. The molecule has 2 aromatic carbocycles. The minimum Gasteiger partial charge on any atom is -0.480 e. The van der Waals surface area contributed by atoms with Gasteiger partial charge in [0.25, 0.3) is 0 Å². The summed E-state index contributed by atoms with van der Waals surface area (Å²) in [5, 5.41) is 11.7. The van der Waals surface area contributed by atoms with E-state index in [4.69, 9.17) is 16.3 Å². The highest BCUT2D eigenvalue weighted by Crippen LogP contribution is 2.44. The Kier molecular flexibility index (Phi) is 8.10. The number of nitrogens with one attached hydrogen (secondary N) is 1. The summed E-state index contributed by atoms with van der Waals surface area (Å²) >= 11 is 0. The maximum absolute atomic E-state index is 13.0. The lowest BCUT2D eigenvalue weighted by atomic mass is 9.98. The van der Waals surface area contributed by atoms with Gasteiger partial charge in [-0.15, -0.1) is 6.42 Å². The molecule has 3 rings (SSSR count). The average molecular weight is 461 g/mol. The zero-order chi connectivity index (χ0) is 24.7. The molecule has 1 aliphatic rings. The average Bonchev–Trinajstić information content (AvgIpc) is 3.13. The number of fused-ring (bicyclic) bond motifs is 3. The second-order valence-electron chi connectivity index (χ2n) is 8.33. The fraction of sp³-hybridized carbons (Fsp3) is 0.296. The zero-order valence-electron chi connectivity index (χ0n) is 19.3. The number of carboxylic acid groups (broad SMARTS) is 1. The van der Waals surface area contributed by atoms with Gasteiger partial charge in [0.2, 0.25) is 5.91 Å². The Morgan fingerprint density at radius 3 is 2.24 bits per heavy atom. The molecule has 2 N–H and O–H groups in total. The lowest BCUT2D eigenvalue weighted by Crippen LogP contribution is -2.50.